The van der Waals surface area contributed by atoms with Crippen LogP contribution < -0.4 is 20.7 Å². The van der Waals surface area contributed by atoms with Crippen molar-refractivity contribution in [3.8, 4) is 5.75 Å². The largest absolute Gasteiger partial charge is 0.497 e. The molecule has 7 heteroatoms. The SMILES string of the molecule is COc1ccc(C(=O)NC(C(=O)NCC2=CCNCC2)c2ccccc2)cc1.Cl. The highest BCUT2D eigenvalue weighted by Crippen LogP contribution is 2.16. The average molecular weight is 416 g/mol. The molecule has 0 saturated heterocycles. The second kappa shape index (κ2) is 11.2. The van der Waals surface area contributed by atoms with E-state index in [-0.39, 0.29) is 24.2 Å². The molecule has 1 heterocycles. The topological polar surface area (TPSA) is 79.5 Å². The molecule has 1 unspecified atom stereocenters. The molecule has 2 amide bonds. The Morgan fingerprint density at radius 3 is 2.45 bits per heavy atom. The molecule has 0 saturated carbocycles. The van der Waals surface area contributed by atoms with Gasteiger partial charge in [-0.05, 0) is 42.8 Å². The van der Waals surface area contributed by atoms with Gasteiger partial charge in [-0.3, -0.25) is 9.59 Å². The van der Waals surface area contributed by atoms with Crippen molar-refractivity contribution >= 4 is 24.2 Å². The van der Waals surface area contributed by atoms with Gasteiger partial charge >= 0.3 is 0 Å². The lowest BCUT2D eigenvalue weighted by Crippen LogP contribution is -2.41. The number of methoxy groups -OCH3 is 1. The molecular formula is C22H26ClN3O3. The third-order valence-electron chi connectivity index (χ3n) is 4.67. The lowest BCUT2D eigenvalue weighted by molar-refractivity contribution is -0.122. The number of rotatable bonds is 7. The van der Waals surface area contributed by atoms with Gasteiger partial charge in [0.1, 0.15) is 11.8 Å². The van der Waals surface area contributed by atoms with Crippen molar-refractivity contribution in [1.29, 1.82) is 0 Å². The summed E-state index contributed by atoms with van der Waals surface area (Å²) in [6.45, 7) is 2.22. The minimum atomic E-state index is -0.766. The van der Waals surface area contributed by atoms with E-state index in [1.54, 1.807) is 31.4 Å². The Hall–Kier alpha value is -2.83. The van der Waals surface area contributed by atoms with E-state index in [0.29, 0.717) is 17.9 Å². The van der Waals surface area contributed by atoms with Gasteiger partial charge < -0.3 is 20.7 Å². The highest BCUT2D eigenvalue weighted by molar-refractivity contribution is 5.98. The van der Waals surface area contributed by atoms with Crippen LogP contribution in [0, 0.1) is 0 Å². The Labute approximate surface area is 177 Å². The van der Waals surface area contributed by atoms with Crippen molar-refractivity contribution in [1.82, 2.24) is 16.0 Å². The molecule has 3 rings (SSSR count). The molecule has 0 bridgehead atoms. The van der Waals surface area contributed by atoms with E-state index < -0.39 is 6.04 Å². The maximum absolute atomic E-state index is 12.9. The molecule has 1 aliphatic heterocycles. The molecule has 2 aromatic rings. The van der Waals surface area contributed by atoms with E-state index in [4.69, 9.17) is 4.74 Å². The fourth-order valence-corrected chi connectivity index (χ4v) is 3.04. The molecule has 3 N–H and O–H groups in total. The summed E-state index contributed by atoms with van der Waals surface area (Å²) < 4.78 is 5.12. The summed E-state index contributed by atoms with van der Waals surface area (Å²) in [7, 11) is 1.57. The van der Waals surface area contributed by atoms with Gasteiger partial charge in [0.2, 0.25) is 5.91 Å². The van der Waals surface area contributed by atoms with Gasteiger partial charge in [0.25, 0.3) is 5.91 Å². The summed E-state index contributed by atoms with van der Waals surface area (Å²) in [4.78, 5) is 25.6. The van der Waals surface area contributed by atoms with Crippen LogP contribution in [-0.4, -0.2) is 38.6 Å². The van der Waals surface area contributed by atoms with E-state index in [9.17, 15) is 9.59 Å². The smallest absolute Gasteiger partial charge is 0.252 e. The van der Waals surface area contributed by atoms with Gasteiger partial charge in [-0.25, -0.2) is 0 Å². The van der Waals surface area contributed by atoms with Crippen LogP contribution in [0.4, 0.5) is 0 Å². The van der Waals surface area contributed by atoms with Crippen LogP contribution in [0.5, 0.6) is 5.75 Å². The number of hydrogen-bond acceptors (Lipinski definition) is 4. The normalized spacial score (nSPS) is 14.0. The maximum Gasteiger partial charge on any atom is 0.252 e. The summed E-state index contributed by atoms with van der Waals surface area (Å²) in [5, 5.41) is 9.06. The first-order valence-corrected chi connectivity index (χ1v) is 9.33. The Morgan fingerprint density at radius 2 is 1.83 bits per heavy atom. The number of halogens is 1. The third-order valence-corrected chi connectivity index (χ3v) is 4.67. The molecule has 1 atom stereocenters. The quantitative estimate of drug-likeness (QED) is 0.607. The summed E-state index contributed by atoms with van der Waals surface area (Å²) in [6.07, 6.45) is 3.01. The second-order valence-electron chi connectivity index (χ2n) is 6.58. The van der Waals surface area contributed by atoms with Crippen molar-refractivity contribution in [2.24, 2.45) is 0 Å². The Bertz CT molecular complexity index is 838. The third kappa shape index (κ3) is 6.34. The van der Waals surface area contributed by atoms with Crippen molar-refractivity contribution in [2.45, 2.75) is 12.5 Å². The summed E-state index contributed by atoms with van der Waals surface area (Å²) in [5.41, 5.74) is 2.40. The molecule has 0 aromatic heterocycles. The number of benzene rings is 2. The van der Waals surface area contributed by atoms with Gasteiger partial charge in [-0.15, -0.1) is 12.4 Å². The average Bonchev–Trinajstić information content (AvgIpc) is 2.77. The Balaban J connectivity index is 0.00000300. The first-order valence-electron chi connectivity index (χ1n) is 9.33. The highest BCUT2D eigenvalue weighted by atomic mass is 35.5. The van der Waals surface area contributed by atoms with Gasteiger partial charge in [-0.2, -0.15) is 0 Å². The van der Waals surface area contributed by atoms with Crippen LogP contribution in [0.15, 0.2) is 66.2 Å². The van der Waals surface area contributed by atoms with E-state index in [0.717, 1.165) is 25.1 Å². The van der Waals surface area contributed by atoms with Crippen LogP contribution in [0.3, 0.4) is 0 Å². The number of carbonyl (C=O) groups is 2. The Kier molecular flexibility index (Phi) is 8.70. The number of carbonyl (C=O) groups excluding carboxylic acids is 2. The van der Waals surface area contributed by atoms with Gasteiger partial charge in [0.05, 0.1) is 7.11 Å². The Morgan fingerprint density at radius 1 is 1.10 bits per heavy atom. The summed E-state index contributed by atoms with van der Waals surface area (Å²) in [5.74, 6) is 0.129. The van der Waals surface area contributed by atoms with Gasteiger partial charge in [-0.1, -0.05) is 42.0 Å². The van der Waals surface area contributed by atoms with Gasteiger partial charge in [0.15, 0.2) is 0 Å². The number of hydrogen-bond donors (Lipinski definition) is 3. The second-order valence-corrected chi connectivity index (χ2v) is 6.58. The molecule has 1 aliphatic rings. The van der Waals surface area contributed by atoms with E-state index >= 15 is 0 Å². The van der Waals surface area contributed by atoms with Gasteiger partial charge in [0, 0.05) is 18.7 Å². The zero-order chi connectivity index (χ0) is 19.8. The molecule has 6 nitrogen and oxygen atoms in total. The molecule has 154 valence electrons. The molecule has 0 aliphatic carbocycles. The molecular weight excluding hydrogens is 390 g/mol. The zero-order valence-electron chi connectivity index (χ0n) is 16.3. The standard InChI is InChI=1S/C22H25N3O3.ClH/c1-28-19-9-7-18(8-10-19)21(26)25-20(17-5-3-2-4-6-17)22(27)24-15-16-11-13-23-14-12-16;/h2-11,20,23H,12-15H2,1H3,(H,24,27)(H,25,26);1H. The number of amides is 2. The fraction of sp³-hybridized carbons (Fsp3) is 0.273. The van der Waals surface area contributed by atoms with Crippen LogP contribution in [-0.2, 0) is 4.79 Å². The summed E-state index contributed by atoms with van der Waals surface area (Å²) in [6, 6.07) is 15.3. The first kappa shape index (κ1) is 22.5. The van der Waals surface area contributed by atoms with Crippen molar-refractivity contribution in [3.63, 3.8) is 0 Å². The van der Waals surface area contributed by atoms with Crippen molar-refractivity contribution < 1.29 is 14.3 Å². The lowest BCUT2D eigenvalue weighted by atomic mass is 10.0. The zero-order valence-corrected chi connectivity index (χ0v) is 17.1. The maximum atomic E-state index is 12.9. The van der Waals surface area contributed by atoms with Crippen LogP contribution >= 0.6 is 12.4 Å². The molecule has 0 fully saturated rings. The predicted octanol–water partition coefficient (Wildman–Crippen LogP) is 2.62. The minimum Gasteiger partial charge on any atom is -0.497 e. The van der Waals surface area contributed by atoms with Crippen LogP contribution in [0.25, 0.3) is 0 Å². The van der Waals surface area contributed by atoms with E-state index in [2.05, 4.69) is 22.0 Å². The molecule has 2 aromatic carbocycles. The first-order chi connectivity index (χ1) is 13.7. The fourth-order valence-electron chi connectivity index (χ4n) is 3.04. The highest BCUT2D eigenvalue weighted by Gasteiger charge is 2.23. The molecule has 0 spiro atoms. The van der Waals surface area contributed by atoms with Crippen molar-refractivity contribution in [3.05, 3.63) is 77.4 Å². The van der Waals surface area contributed by atoms with Crippen molar-refractivity contribution in [2.75, 3.05) is 26.7 Å². The predicted molar refractivity (Wildman–Crippen MR) is 115 cm³/mol. The molecule has 29 heavy (non-hydrogen) atoms. The van der Waals surface area contributed by atoms with Crippen LogP contribution in [0.1, 0.15) is 28.4 Å². The minimum absolute atomic E-state index is 0. The number of ether oxygens (including phenoxy) is 1. The van der Waals surface area contributed by atoms with E-state index in [1.807, 2.05) is 30.3 Å². The van der Waals surface area contributed by atoms with E-state index in [1.165, 1.54) is 5.57 Å². The summed E-state index contributed by atoms with van der Waals surface area (Å²) >= 11 is 0. The number of nitrogens with one attached hydrogen (secondary N) is 3. The monoisotopic (exact) mass is 415 g/mol. The lowest BCUT2D eigenvalue weighted by Gasteiger charge is -2.20. The van der Waals surface area contributed by atoms with Crippen LogP contribution in [0.2, 0.25) is 0 Å². The molecule has 0 radical (unpaired) electrons.